The number of hydrogen-bond donors (Lipinski definition) is 3. The van der Waals surface area contributed by atoms with Crippen LogP contribution in [-0.4, -0.2) is 44.5 Å². The van der Waals surface area contributed by atoms with E-state index in [1.54, 1.807) is 41.7 Å². The number of likely N-dealkylation sites (tertiary alicyclic amines) is 1. The number of benzene rings is 2. The van der Waals surface area contributed by atoms with Gasteiger partial charge in [-0.1, -0.05) is 31.1 Å². The Bertz CT molecular complexity index is 1580. The first-order valence-electron chi connectivity index (χ1n) is 14.8. The van der Waals surface area contributed by atoms with Crippen LogP contribution < -0.4 is 10.6 Å². The van der Waals surface area contributed by atoms with Gasteiger partial charge in [-0.3, -0.25) is 9.59 Å². The second kappa shape index (κ2) is 13.4. The van der Waals surface area contributed by atoms with E-state index in [0.717, 1.165) is 34.8 Å². The summed E-state index contributed by atoms with van der Waals surface area (Å²) in [4.78, 5) is 33.0. The summed E-state index contributed by atoms with van der Waals surface area (Å²) in [6, 6.07) is 14.3. The minimum Gasteiger partial charge on any atom is -0.506 e. The summed E-state index contributed by atoms with van der Waals surface area (Å²) in [6.45, 7) is 9.14. The number of carbonyl (C=O) groups is 2. The normalized spacial score (nSPS) is 15.6. The second-order valence-electron chi connectivity index (χ2n) is 11.6. The van der Waals surface area contributed by atoms with Gasteiger partial charge >= 0.3 is 0 Å². The summed E-state index contributed by atoms with van der Waals surface area (Å²) in [6.07, 6.45) is 3.20. The number of nitrogens with zero attached hydrogens (tertiary/aromatic N) is 3. The molecule has 2 atom stereocenters. The van der Waals surface area contributed by atoms with Gasteiger partial charge in [-0.05, 0) is 81.3 Å². The Morgan fingerprint density at radius 1 is 1.14 bits per heavy atom. The van der Waals surface area contributed by atoms with Crippen molar-refractivity contribution >= 4 is 28.8 Å². The van der Waals surface area contributed by atoms with Gasteiger partial charge in [-0.2, -0.15) is 0 Å². The van der Waals surface area contributed by atoms with Crippen LogP contribution in [0.3, 0.4) is 0 Å². The first-order chi connectivity index (χ1) is 20.7. The highest BCUT2D eigenvalue weighted by molar-refractivity contribution is 7.09. The number of carbonyl (C=O) groups excluding carboxylic acids is 2. The van der Waals surface area contributed by atoms with Gasteiger partial charge in [-0.25, -0.2) is 4.98 Å². The van der Waals surface area contributed by atoms with Crippen molar-refractivity contribution in [3.05, 3.63) is 92.8 Å². The van der Waals surface area contributed by atoms with Crippen LogP contribution >= 0.6 is 11.3 Å². The maximum atomic E-state index is 13.4. The number of nitrogens with one attached hydrogen (secondary N) is 2. The predicted molar refractivity (Wildman–Crippen MR) is 168 cm³/mol. The highest BCUT2D eigenvalue weighted by Gasteiger charge is 2.32. The molecule has 226 valence electrons. The molecular formula is C33H39N5O4S. The SMILES string of the molecule is Cc1csc([C@H]2CCCN2C(=O)c2cccc(C(=O)N[C@@H](C)CCc3ccc(NCc4cc(C(C)C)no4)c(O)c3)c2)n1. The number of hydrogen-bond acceptors (Lipinski definition) is 8. The molecule has 5 rings (SSSR count). The monoisotopic (exact) mass is 601 g/mol. The fourth-order valence-corrected chi connectivity index (χ4v) is 6.21. The number of anilines is 1. The summed E-state index contributed by atoms with van der Waals surface area (Å²) in [7, 11) is 0. The molecule has 10 heteroatoms. The molecule has 43 heavy (non-hydrogen) atoms. The average Bonchev–Trinajstić information content (AvgIpc) is 3.76. The number of phenolic OH excluding ortho intramolecular Hbond substituents is 1. The zero-order chi connectivity index (χ0) is 30.5. The van der Waals surface area contributed by atoms with Gasteiger partial charge in [0.15, 0.2) is 5.76 Å². The van der Waals surface area contributed by atoms with E-state index in [1.165, 1.54) is 0 Å². The number of aryl methyl sites for hydroxylation is 2. The summed E-state index contributed by atoms with van der Waals surface area (Å²) < 4.78 is 5.35. The number of phenols is 1. The Morgan fingerprint density at radius 2 is 1.95 bits per heavy atom. The third-order valence-electron chi connectivity index (χ3n) is 7.73. The van der Waals surface area contributed by atoms with E-state index in [1.807, 2.05) is 42.3 Å². The maximum absolute atomic E-state index is 13.4. The second-order valence-corrected chi connectivity index (χ2v) is 12.4. The molecule has 1 saturated heterocycles. The molecule has 0 saturated carbocycles. The molecule has 1 aliphatic heterocycles. The Balaban J connectivity index is 1.13. The molecule has 4 aromatic rings. The Labute approximate surface area is 256 Å². The van der Waals surface area contributed by atoms with Crippen molar-refractivity contribution in [3.63, 3.8) is 0 Å². The molecule has 3 N–H and O–H groups in total. The maximum Gasteiger partial charge on any atom is 0.254 e. The zero-order valence-corrected chi connectivity index (χ0v) is 25.9. The highest BCUT2D eigenvalue weighted by Crippen LogP contribution is 2.35. The third kappa shape index (κ3) is 7.43. The largest absolute Gasteiger partial charge is 0.506 e. The Hall–Kier alpha value is -4.18. The molecule has 0 bridgehead atoms. The minimum absolute atomic E-state index is 0.0146. The van der Waals surface area contributed by atoms with E-state index in [0.29, 0.717) is 54.4 Å². The van der Waals surface area contributed by atoms with Crippen molar-refractivity contribution in [3.8, 4) is 5.75 Å². The number of aromatic nitrogens is 2. The van der Waals surface area contributed by atoms with Crippen LogP contribution in [0, 0.1) is 6.92 Å². The molecule has 2 aromatic carbocycles. The van der Waals surface area contributed by atoms with Crippen molar-refractivity contribution in [2.75, 3.05) is 11.9 Å². The highest BCUT2D eigenvalue weighted by atomic mass is 32.1. The Kier molecular flexibility index (Phi) is 9.45. The third-order valence-corrected chi connectivity index (χ3v) is 8.80. The van der Waals surface area contributed by atoms with Crippen LogP contribution in [0.25, 0.3) is 0 Å². The molecule has 0 unspecified atom stereocenters. The van der Waals surface area contributed by atoms with Gasteiger partial charge in [0.2, 0.25) is 0 Å². The molecule has 3 heterocycles. The number of amides is 2. The van der Waals surface area contributed by atoms with E-state index in [-0.39, 0.29) is 29.6 Å². The van der Waals surface area contributed by atoms with E-state index in [9.17, 15) is 14.7 Å². The molecule has 0 radical (unpaired) electrons. The molecule has 2 amide bonds. The Morgan fingerprint density at radius 3 is 2.67 bits per heavy atom. The lowest BCUT2D eigenvalue weighted by molar-refractivity contribution is 0.0735. The quantitative estimate of drug-likeness (QED) is 0.166. The van der Waals surface area contributed by atoms with Crippen molar-refractivity contribution in [1.29, 1.82) is 0 Å². The molecule has 2 aromatic heterocycles. The van der Waals surface area contributed by atoms with Gasteiger partial charge in [-0.15, -0.1) is 11.3 Å². The summed E-state index contributed by atoms with van der Waals surface area (Å²) in [5.41, 5.74) is 4.42. The lowest BCUT2D eigenvalue weighted by Gasteiger charge is -2.23. The predicted octanol–water partition coefficient (Wildman–Crippen LogP) is 6.61. The molecular weight excluding hydrogens is 562 g/mol. The average molecular weight is 602 g/mol. The first kappa shape index (κ1) is 30.3. The van der Waals surface area contributed by atoms with E-state index < -0.39 is 0 Å². The van der Waals surface area contributed by atoms with Gasteiger partial charge in [0.1, 0.15) is 10.8 Å². The van der Waals surface area contributed by atoms with Crippen molar-refractivity contribution < 1.29 is 19.2 Å². The first-order valence-corrected chi connectivity index (χ1v) is 15.7. The molecule has 0 aliphatic carbocycles. The fourth-order valence-electron chi connectivity index (χ4n) is 5.26. The standard InChI is InChI=1S/C33H39N5O4S/c1-20(2)28-17-26(42-37-28)18-34-27-13-12-23(15-30(27)39)11-10-21(3)35-31(40)24-7-5-8-25(16-24)33(41)38-14-6-9-29(38)32-36-22(4)19-43-32/h5,7-8,12-13,15-17,19-21,29,34,39H,6,9-11,14,18H2,1-4H3,(H,35,40)/t21-,29+/m0/s1. The van der Waals surface area contributed by atoms with Crippen LogP contribution in [0.5, 0.6) is 5.75 Å². The van der Waals surface area contributed by atoms with Crippen molar-refractivity contribution in [2.24, 2.45) is 0 Å². The van der Waals surface area contributed by atoms with Crippen molar-refractivity contribution in [2.45, 2.75) is 77.9 Å². The summed E-state index contributed by atoms with van der Waals surface area (Å²) in [5.74, 6) is 0.865. The van der Waals surface area contributed by atoms with Crippen LogP contribution in [0.4, 0.5) is 5.69 Å². The van der Waals surface area contributed by atoms with Crippen LogP contribution in [0.2, 0.25) is 0 Å². The molecule has 0 spiro atoms. The van der Waals surface area contributed by atoms with Gasteiger partial charge < -0.3 is 25.2 Å². The van der Waals surface area contributed by atoms with E-state index in [2.05, 4.69) is 34.6 Å². The van der Waals surface area contributed by atoms with Gasteiger partial charge in [0.25, 0.3) is 11.8 Å². The molecule has 1 fully saturated rings. The number of thiazole rings is 1. The topological polar surface area (TPSA) is 121 Å². The lowest BCUT2D eigenvalue weighted by atomic mass is 10.0. The number of rotatable bonds is 11. The summed E-state index contributed by atoms with van der Waals surface area (Å²) in [5, 5.41) is 23.8. The zero-order valence-electron chi connectivity index (χ0n) is 25.1. The summed E-state index contributed by atoms with van der Waals surface area (Å²) >= 11 is 1.59. The van der Waals surface area contributed by atoms with Crippen molar-refractivity contribution in [1.82, 2.24) is 20.4 Å². The lowest BCUT2D eigenvalue weighted by Crippen LogP contribution is -2.33. The smallest absolute Gasteiger partial charge is 0.254 e. The minimum atomic E-state index is -0.217. The fraction of sp³-hybridized carbons (Fsp3) is 0.394. The van der Waals surface area contributed by atoms with E-state index in [4.69, 9.17) is 4.52 Å². The van der Waals surface area contributed by atoms with E-state index >= 15 is 0 Å². The van der Waals surface area contributed by atoms with Crippen LogP contribution in [0.15, 0.2) is 58.4 Å². The number of aromatic hydroxyl groups is 1. The van der Waals surface area contributed by atoms with Gasteiger partial charge in [0, 0.05) is 40.9 Å². The van der Waals surface area contributed by atoms with Gasteiger partial charge in [0.05, 0.1) is 24.0 Å². The van der Waals surface area contributed by atoms with Crippen LogP contribution in [-0.2, 0) is 13.0 Å². The van der Waals surface area contributed by atoms with Crippen LogP contribution in [0.1, 0.15) is 100 Å². The molecule has 1 aliphatic rings. The molecule has 9 nitrogen and oxygen atoms in total.